The second-order valence-electron chi connectivity index (χ2n) is 5.50. The summed E-state index contributed by atoms with van der Waals surface area (Å²) in [5, 5.41) is 0. The lowest BCUT2D eigenvalue weighted by atomic mass is 10.1. The van der Waals surface area contributed by atoms with Crippen LogP contribution in [0.15, 0.2) is 18.2 Å². The first kappa shape index (κ1) is 17.8. The summed E-state index contributed by atoms with van der Waals surface area (Å²) in [5.41, 5.74) is 5.77. The van der Waals surface area contributed by atoms with Gasteiger partial charge in [0.2, 0.25) is 0 Å². The molecule has 0 saturated carbocycles. The molecule has 7 heteroatoms. The summed E-state index contributed by atoms with van der Waals surface area (Å²) in [5.74, 6) is 0.0751. The zero-order valence-electron chi connectivity index (χ0n) is 13.5. The van der Waals surface area contributed by atoms with Crippen molar-refractivity contribution in [3.05, 3.63) is 29.3 Å². The molecule has 0 spiro atoms. The topological polar surface area (TPSA) is 85.9 Å². The van der Waals surface area contributed by atoms with Crippen LogP contribution < -0.4 is 15.6 Å². The van der Waals surface area contributed by atoms with Crippen LogP contribution in [0.1, 0.15) is 36.7 Å². The van der Waals surface area contributed by atoms with Crippen molar-refractivity contribution in [3.8, 4) is 5.75 Å². The van der Waals surface area contributed by atoms with E-state index in [2.05, 4.69) is 15.6 Å². The highest BCUT2D eigenvalue weighted by atomic mass is 16.6. The highest BCUT2D eigenvalue weighted by Crippen LogP contribution is 2.20. The molecule has 0 heterocycles. The molecule has 7 nitrogen and oxygen atoms in total. The Balaban J connectivity index is 2.63. The van der Waals surface area contributed by atoms with Crippen LogP contribution in [0.5, 0.6) is 5.75 Å². The molecule has 0 aromatic heterocycles. The molecule has 0 radical (unpaired) electrons. The van der Waals surface area contributed by atoms with Gasteiger partial charge in [0.05, 0.1) is 19.8 Å². The van der Waals surface area contributed by atoms with Gasteiger partial charge in [-0.15, -0.1) is 0 Å². The van der Waals surface area contributed by atoms with Crippen molar-refractivity contribution in [1.82, 2.24) is 10.9 Å². The fourth-order valence-corrected chi connectivity index (χ4v) is 1.65. The zero-order valence-corrected chi connectivity index (χ0v) is 13.5. The Kier molecular flexibility index (Phi) is 6.18. The first-order valence-corrected chi connectivity index (χ1v) is 6.74. The zero-order chi connectivity index (χ0) is 16.8. The van der Waals surface area contributed by atoms with E-state index in [1.807, 2.05) is 0 Å². The molecule has 1 aromatic carbocycles. The number of carbonyl (C=O) groups is 2. The molecule has 0 aliphatic rings. The van der Waals surface area contributed by atoms with Gasteiger partial charge >= 0.3 is 12.1 Å². The number of benzene rings is 1. The lowest BCUT2D eigenvalue weighted by Gasteiger charge is -2.20. The summed E-state index contributed by atoms with van der Waals surface area (Å²) in [6, 6.07) is 4.92. The third-order valence-corrected chi connectivity index (χ3v) is 2.58. The van der Waals surface area contributed by atoms with E-state index in [1.165, 1.54) is 14.2 Å². The minimum atomic E-state index is -0.572. The maximum absolute atomic E-state index is 11.5. The summed E-state index contributed by atoms with van der Waals surface area (Å²) in [6.07, 6.45) is -0.572. The first-order chi connectivity index (χ1) is 10.3. The summed E-state index contributed by atoms with van der Waals surface area (Å²) < 4.78 is 15.0. The van der Waals surface area contributed by atoms with Gasteiger partial charge in [0, 0.05) is 12.1 Å². The van der Waals surface area contributed by atoms with Crippen LogP contribution in [0.2, 0.25) is 0 Å². The number of nitrogens with one attached hydrogen (secondary N) is 2. The lowest BCUT2D eigenvalue weighted by Crippen LogP contribution is -2.40. The molecule has 0 atom stereocenters. The lowest BCUT2D eigenvalue weighted by molar-refractivity contribution is 0.0496. The van der Waals surface area contributed by atoms with Gasteiger partial charge in [-0.05, 0) is 32.9 Å². The predicted molar refractivity (Wildman–Crippen MR) is 80.5 cm³/mol. The quantitative estimate of drug-likeness (QED) is 0.639. The number of hydrogen-bond donors (Lipinski definition) is 2. The van der Waals surface area contributed by atoms with Crippen molar-refractivity contribution in [3.63, 3.8) is 0 Å². The van der Waals surface area contributed by atoms with Gasteiger partial charge in [-0.1, -0.05) is 6.07 Å². The van der Waals surface area contributed by atoms with E-state index in [0.717, 1.165) is 5.56 Å². The summed E-state index contributed by atoms with van der Waals surface area (Å²) in [4.78, 5) is 23.0. The van der Waals surface area contributed by atoms with Crippen molar-refractivity contribution in [2.75, 3.05) is 14.2 Å². The Bertz CT molecular complexity index is 537. The van der Waals surface area contributed by atoms with Gasteiger partial charge < -0.3 is 14.2 Å². The van der Waals surface area contributed by atoms with Crippen molar-refractivity contribution >= 4 is 12.1 Å². The van der Waals surface area contributed by atoms with E-state index in [0.29, 0.717) is 17.9 Å². The molecule has 0 aliphatic heterocycles. The Hall–Kier alpha value is -2.28. The standard InChI is InChI=1S/C15H22N2O5/c1-15(2,3)22-14(19)17-16-9-11-7-6-10(13(18)21-5)8-12(11)20-4/h6-8,16H,9H2,1-5H3,(H,17,19). The van der Waals surface area contributed by atoms with Gasteiger partial charge in [-0.25, -0.2) is 15.0 Å². The average molecular weight is 310 g/mol. The Morgan fingerprint density at radius 1 is 1.18 bits per heavy atom. The monoisotopic (exact) mass is 310 g/mol. The number of carbonyl (C=O) groups excluding carboxylic acids is 2. The van der Waals surface area contributed by atoms with Crippen LogP contribution in [-0.4, -0.2) is 31.9 Å². The molecule has 0 unspecified atom stereocenters. The van der Waals surface area contributed by atoms with Crippen molar-refractivity contribution < 1.29 is 23.8 Å². The van der Waals surface area contributed by atoms with E-state index < -0.39 is 17.7 Å². The number of hydrazine groups is 1. The molecule has 1 rings (SSSR count). The minimum absolute atomic E-state index is 0.309. The fraction of sp³-hybridized carbons (Fsp3) is 0.467. The van der Waals surface area contributed by atoms with Crippen LogP contribution in [0.3, 0.4) is 0 Å². The van der Waals surface area contributed by atoms with E-state index in [-0.39, 0.29) is 0 Å². The van der Waals surface area contributed by atoms with Crippen molar-refractivity contribution in [2.45, 2.75) is 32.9 Å². The average Bonchev–Trinajstić information content (AvgIpc) is 2.44. The highest BCUT2D eigenvalue weighted by molar-refractivity contribution is 5.89. The van der Waals surface area contributed by atoms with E-state index in [1.54, 1.807) is 39.0 Å². The van der Waals surface area contributed by atoms with Crippen LogP contribution in [0.4, 0.5) is 4.79 Å². The largest absolute Gasteiger partial charge is 0.496 e. The van der Waals surface area contributed by atoms with Gasteiger partial charge in [-0.3, -0.25) is 5.43 Å². The normalized spacial score (nSPS) is 10.8. The smallest absolute Gasteiger partial charge is 0.422 e. The van der Waals surface area contributed by atoms with E-state index in [4.69, 9.17) is 9.47 Å². The second-order valence-corrected chi connectivity index (χ2v) is 5.50. The highest BCUT2D eigenvalue weighted by Gasteiger charge is 2.16. The Morgan fingerprint density at radius 2 is 1.86 bits per heavy atom. The number of methoxy groups -OCH3 is 2. The molecule has 22 heavy (non-hydrogen) atoms. The number of amides is 1. The number of hydrogen-bond acceptors (Lipinski definition) is 6. The van der Waals surface area contributed by atoms with Crippen LogP contribution >= 0.6 is 0 Å². The van der Waals surface area contributed by atoms with Crippen LogP contribution in [0.25, 0.3) is 0 Å². The van der Waals surface area contributed by atoms with Crippen LogP contribution in [0, 0.1) is 0 Å². The first-order valence-electron chi connectivity index (χ1n) is 6.74. The van der Waals surface area contributed by atoms with Gasteiger partial charge in [-0.2, -0.15) is 0 Å². The third kappa shape index (κ3) is 5.61. The van der Waals surface area contributed by atoms with Crippen LogP contribution in [-0.2, 0) is 16.0 Å². The van der Waals surface area contributed by atoms with Gasteiger partial charge in [0.15, 0.2) is 0 Å². The number of rotatable bonds is 5. The fourth-order valence-electron chi connectivity index (χ4n) is 1.65. The third-order valence-electron chi connectivity index (χ3n) is 2.58. The maximum Gasteiger partial charge on any atom is 0.422 e. The Morgan fingerprint density at radius 3 is 2.41 bits per heavy atom. The predicted octanol–water partition coefficient (Wildman–Crippen LogP) is 2.01. The molecule has 122 valence electrons. The molecule has 2 N–H and O–H groups in total. The SMILES string of the molecule is COC(=O)c1ccc(CNNC(=O)OC(C)(C)C)c(OC)c1. The van der Waals surface area contributed by atoms with E-state index >= 15 is 0 Å². The summed E-state index contributed by atoms with van der Waals surface area (Å²) in [6.45, 7) is 5.65. The molecular formula is C15H22N2O5. The minimum Gasteiger partial charge on any atom is -0.496 e. The molecular weight excluding hydrogens is 288 g/mol. The maximum atomic E-state index is 11.5. The molecule has 1 aromatic rings. The molecule has 0 bridgehead atoms. The summed E-state index contributed by atoms with van der Waals surface area (Å²) >= 11 is 0. The summed E-state index contributed by atoms with van der Waals surface area (Å²) in [7, 11) is 2.82. The molecule has 0 fully saturated rings. The van der Waals surface area contributed by atoms with Gasteiger partial charge in [0.25, 0.3) is 0 Å². The number of ether oxygens (including phenoxy) is 3. The van der Waals surface area contributed by atoms with Gasteiger partial charge in [0.1, 0.15) is 11.4 Å². The Labute approximate surface area is 129 Å². The molecule has 0 saturated heterocycles. The van der Waals surface area contributed by atoms with Crippen molar-refractivity contribution in [2.24, 2.45) is 0 Å². The van der Waals surface area contributed by atoms with Crippen molar-refractivity contribution in [1.29, 1.82) is 0 Å². The molecule has 1 amide bonds. The van der Waals surface area contributed by atoms with E-state index in [9.17, 15) is 9.59 Å². The molecule has 0 aliphatic carbocycles. The second kappa shape index (κ2) is 7.65. The number of esters is 1.